The number of fused-ring (bicyclic) bond motifs is 1. The summed E-state index contributed by atoms with van der Waals surface area (Å²) in [5, 5.41) is 1.63. The average Bonchev–Trinajstić information content (AvgIpc) is 2.74. The Bertz CT molecular complexity index is 625. The molecule has 0 saturated heterocycles. The lowest BCUT2D eigenvalue weighted by atomic mass is 10.1. The molecule has 0 unspecified atom stereocenters. The van der Waals surface area contributed by atoms with Crippen molar-refractivity contribution >= 4 is 37.4 Å². The van der Waals surface area contributed by atoms with Gasteiger partial charge in [-0.05, 0) is 65.4 Å². The summed E-state index contributed by atoms with van der Waals surface area (Å²) in [6.45, 7) is 1.39. The highest BCUT2D eigenvalue weighted by Gasteiger charge is 2.24. The highest BCUT2D eigenvalue weighted by atomic mass is 79.9. The molecule has 1 N–H and O–H groups in total. The van der Waals surface area contributed by atoms with Gasteiger partial charge >= 0.3 is 0 Å². The van der Waals surface area contributed by atoms with Crippen molar-refractivity contribution in [2.75, 3.05) is 11.6 Å². The van der Waals surface area contributed by atoms with E-state index in [2.05, 4.69) is 21.2 Å². The number of carbonyl (C=O) groups is 1. The van der Waals surface area contributed by atoms with Gasteiger partial charge < -0.3 is 5.32 Å². The number of carbonyl (C=O) groups excluding carboxylic acids is 1. The molecule has 1 atom stereocenters. The molecule has 1 aromatic carbocycles. The topological polar surface area (TPSA) is 63.2 Å². The zero-order valence-corrected chi connectivity index (χ0v) is 13.3. The first-order valence-electron chi connectivity index (χ1n) is 6.10. The maximum Gasteiger partial charge on any atom is 0.242 e. The van der Waals surface area contributed by atoms with E-state index in [-0.39, 0.29) is 0 Å². The SMILES string of the molecule is C[C@H](C(=O)Nc1cc2c(cc1Br)CCC2)S(C)(=O)=O. The summed E-state index contributed by atoms with van der Waals surface area (Å²) in [6.07, 6.45) is 4.25. The van der Waals surface area contributed by atoms with Crippen molar-refractivity contribution in [3.63, 3.8) is 0 Å². The molecule has 0 radical (unpaired) electrons. The summed E-state index contributed by atoms with van der Waals surface area (Å²) in [5.41, 5.74) is 3.16. The third kappa shape index (κ3) is 3.17. The van der Waals surface area contributed by atoms with Crippen LogP contribution in [-0.2, 0) is 27.5 Å². The molecule has 1 aromatic rings. The standard InChI is InChI=1S/C13H16BrNO3S/c1-8(19(2,17)18)13(16)15-12-7-10-5-3-4-9(10)6-11(12)14/h6-8H,3-5H2,1-2H3,(H,15,16)/t8-/m1/s1. The van der Waals surface area contributed by atoms with Crippen LogP contribution in [0.25, 0.3) is 0 Å². The van der Waals surface area contributed by atoms with Crippen LogP contribution in [0.5, 0.6) is 0 Å². The van der Waals surface area contributed by atoms with E-state index in [0.717, 1.165) is 30.0 Å². The van der Waals surface area contributed by atoms with E-state index in [1.54, 1.807) is 0 Å². The number of sulfone groups is 1. The molecule has 0 aliphatic heterocycles. The third-order valence-electron chi connectivity index (χ3n) is 3.45. The lowest BCUT2D eigenvalue weighted by Gasteiger charge is -2.13. The minimum Gasteiger partial charge on any atom is -0.324 e. The molecule has 0 fully saturated rings. The lowest BCUT2D eigenvalue weighted by molar-refractivity contribution is -0.115. The minimum absolute atomic E-state index is 0.499. The largest absolute Gasteiger partial charge is 0.324 e. The maximum absolute atomic E-state index is 11.9. The van der Waals surface area contributed by atoms with Crippen molar-refractivity contribution in [3.8, 4) is 0 Å². The zero-order valence-electron chi connectivity index (χ0n) is 10.9. The van der Waals surface area contributed by atoms with Gasteiger partial charge in [-0.15, -0.1) is 0 Å². The van der Waals surface area contributed by atoms with Crippen molar-refractivity contribution in [1.29, 1.82) is 0 Å². The molecule has 1 amide bonds. The van der Waals surface area contributed by atoms with E-state index in [4.69, 9.17) is 0 Å². The molecule has 104 valence electrons. The molecule has 1 aliphatic rings. The quantitative estimate of drug-likeness (QED) is 0.914. The number of hydrogen-bond donors (Lipinski definition) is 1. The molecule has 19 heavy (non-hydrogen) atoms. The van der Waals surface area contributed by atoms with Gasteiger partial charge in [0.05, 0.1) is 5.69 Å². The van der Waals surface area contributed by atoms with Crippen LogP contribution in [0, 0.1) is 0 Å². The van der Waals surface area contributed by atoms with Crippen molar-refractivity contribution in [2.45, 2.75) is 31.4 Å². The number of anilines is 1. The van der Waals surface area contributed by atoms with Crippen LogP contribution in [0.15, 0.2) is 16.6 Å². The number of rotatable bonds is 3. The van der Waals surface area contributed by atoms with Gasteiger partial charge in [0.1, 0.15) is 5.25 Å². The van der Waals surface area contributed by atoms with Gasteiger partial charge in [-0.2, -0.15) is 0 Å². The molecule has 0 saturated carbocycles. The van der Waals surface area contributed by atoms with Gasteiger partial charge in [-0.3, -0.25) is 4.79 Å². The van der Waals surface area contributed by atoms with Crippen LogP contribution < -0.4 is 5.32 Å². The van der Waals surface area contributed by atoms with Crippen LogP contribution in [0.2, 0.25) is 0 Å². The normalized spacial score (nSPS) is 15.9. The number of nitrogens with one attached hydrogen (secondary N) is 1. The molecule has 0 aromatic heterocycles. The Morgan fingerprint density at radius 2 is 1.89 bits per heavy atom. The average molecular weight is 346 g/mol. The Labute approximate surface area is 121 Å². The van der Waals surface area contributed by atoms with E-state index < -0.39 is 21.0 Å². The highest BCUT2D eigenvalue weighted by Crippen LogP contribution is 2.31. The summed E-state index contributed by atoms with van der Waals surface area (Å²) in [4.78, 5) is 11.9. The number of aryl methyl sites for hydroxylation is 2. The van der Waals surface area contributed by atoms with E-state index in [1.165, 1.54) is 18.1 Å². The Balaban J connectivity index is 2.23. The first-order valence-corrected chi connectivity index (χ1v) is 8.85. The Hall–Kier alpha value is -0.880. The monoisotopic (exact) mass is 345 g/mol. The summed E-state index contributed by atoms with van der Waals surface area (Å²) in [5.74, 6) is -0.499. The van der Waals surface area contributed by atoms with Gasteiger partial charge in [0.25, 0.3) is 0 Å². The molecular weight excluding hydrogens is 330 g/mol. The lowest BCUT2D eigenvalue weighted by Crippen LogP contribution is -2.31. The Morgan fingerprint density at radius 3 is 2.47 bits per heavy atom. The van der Waals surface area contributed by atoms with Gasteiger partial charge in [0, 0.05) is 10.7 Å². The molecule has 6 heteroatoms. The van der Waals surface area contributed by atoms with E-state index in [0.29, 0.717) is 5.69 Å². The Kier molecular flexibility index (Phi) is 4.01. The minimum atomic E-state index is -3.37. The molecule has 0 heterocycles. The van der Waals surface area contributed by atoms with Gasteiger partial charge in [-0.1, -0.05) is 0 Å². The van der Waals surface area contributed by atoms with Crippen LogP contribution in [-0.4, -0.2) is 25.8 Å². The van der Waals surface area contributed by atoms with Crippen LogP contribution in [0.4, 0.5) is 5.69 Å². The van der Waals surface area contributed by atoms with E-state index in [1.807, 2.05) is 12.1 Å². The van der Waals surface area contributed by atoms with Crippen molar-refractivity contribution in [1.82, 2.24) is 0 Å². The molecule has 1 aliphatic carbocycles. The van der Waals surface area contributed by atoms with Gasteiger partial charge in [0.15, 0.2) is 9.84 Å². The molecule has 2 rings (SSSR count). The third-order valence-corrected chi connectivity index (χ3v) is 5.61. The van der Waals surface area contributed by atoms with Gasteiger partial charge in [-0.25, -0.2) is 8.42 Å². The fourth-order valence-electron chi connectivity index (χ4n) is 2.12. The summed E-state index contributed by atoms with van der Waals surface area (Å²) < 4.78 is 23.5. The second-order valence-corrected chi connectivity index (χ2v) is 8.14. The van der Waals surface area contributed by atoms with Crippen LogP contribution in [0.3, 0.4) is 0 Å². The molecule has 0 bridgehead atoms. The number of benzene rings is 1. The van der Waals surface area contributed by atoms with Crippen molar-refractivity contribution in [3.05, 3.63) is 27.7 Å². The summed E-state index contributed by atoms with van der Waals surface area (Å²) in [6, 6.07) is 3.93. The number of hydrogen-bond acceptors (Lipinski definition) is 3. The van der Waals surface area contributed by atoms with Crippen molar-refractivity contribution < 1.29 is 13.2 Å². The number of amides is 1. The zero-order chi connectivity index (χ0) is 14.2. The van der Waals surface area contributed by atoms with Gasteiger partial charge in [0.2, 0.25) is 5.91 Å². The molecular formula is C13H16BrNO3S. The second kappa shape index (κ2) is 5.25. The second-order valence-electron chi connectivity index (χ2n) is 4.92. The predicted molar refractivity (Wildman–Crippen MR) is 79.1 cm³/mol. The molecule has 0 spiro atoms. The summed E-state index contributed by atoms with van der Waals surface area (Å²) in [7, 11) is -3.37. The van der Waals surface area contributed by atoms with E-state index >= 15 is 0 Å². The number of halogens is 1. The fourth-order valence-corrected chi connectivity index (χ4v) is 3.06. The fraction of sp³-hybridized carbons (Fsp3) is 0.462. The van der Waals surface area contributed by atoms with Crippen LogP contribution >= 0.6 is 15.9 Å². The first kappa shape index (κ1) is 14.5. The molecule has 4 nitrogen and oxygen atoms in total. The smallest absolute Gasteiger partial charge is 0.242 e. The van der Waals surface area contributed by atoms with E-state index in [9.17, 15) is 13.2 Å². The van der Waals surface area contributed by atoms with Crippen molar-refractivity contribution in [2.24, 2.45) is 0 Å². The predicted octanol–water partition coefficient (Wildman–Crippen LogP) is 2.31. The van der Waals surface area contributed by atoms with Crippen LogP contribution in [0.1, 0.15) is 24.5 Å². The Morgan fingerprint density at radius 1 is 1.32 bits per heavy atom. The summed E-state index contributed by atoms with van der Waals surface area (Å²) >= 11 is 3.41. The first-order chi connectivity index (χ1) is 8.79. The highest BCUT2D eigenvalue weighted by molar-refractivity contribution is 9.10. The maximum atomic E-state index is 11.9.